The number of aromatic nitrogens is 1. The first-order chi connectivity index (χ1) is 10.2. The molecule has 5 nitrogen and oxygen atoms in total. The number of esters is 1. The van der Waals surface area contributed by atoms with Gasteiger partial charge < -0.3 is 10.1 Å². The smallest absolute Gasteiger partial charge is 0.357 e. The van der Waals surface area contributed by atoms with Crippen LogP contribution in [0.15, 0.2) is 36.4 Å². The number of rotatable bonds is 6. The van der Waals surface area contributed by atoms with E-state index in [1.807, 2.05) is 31.2 Å². The van der Waals surface area contributed by atoms with E-state index in [0.29, 0.717) is 6.54 Å². The Labute approximate surface area is 123 Å². The maximum Gasteiger partial charge on any atom is 0.357 e. The van der Waals surface area contributed by atoms with Crippen LogP contribution >= 0.6 is 0 Å². The van der Waals surface area contributed by atoms with Crippen LogP contribution in [0.2, 0.25) is 0 Å². The highest BCUT2D eigenvalue weighted by molar-refractivity contribution is 5.92. The minimum Gasteiger partial charge on any atom is -0.451 e. The summed E-state index contributed by atoms with van der Waals surface area (Å²) in [6.07, 6.45) is 1.91. The van der Waals surface area contributed by atoms with Crippen LogP contribution in [0.4, 0.5) is 0 Å². The summed E-state index contributed by atoms with van der Waals surface area (Å²) >= 11 is 0. The maximum absolute atomic E-state index is 11.9. The van der Waals surface area contributed by atoms with Gasteiger partial charge in [-0.2, -0.15) is 0 Å². The number of pyridine rings is 1. The number of hydrogen-bond donors (Lipinski definition) is 1. The number of carbonyl (C=O) groups is 2. The second-order valence-electron chi connectivity index (χ2n) is 4.67. The van der Waals surface area contributed by atoms with E-state index in [1.54, 1.807) is 12.1 Å². The number of ether oxygens (including phenoxy) is 1. The molecule has 0 unspecified atom stereocenters. The van der Waals surface area contributed by atoms with Crippen molar-refractivity contribution in [2.45, 2.75) is 19.8 Å². The van der Waals surface area contributed by atoms with Crippen LogP contribution in [-0.4, -0.2) is 30.0 Å². The van der Waals surface area contributed by atoms with Gasteiger partial charge in [0.05, 0.1) is 5.52 Å². The molecule has 0 saturated heterocycles. The van der Waals surface area contributed by atoms with Crippen molar-refractivity contribution in [3.63, 3.8) is 0 Å². The van der Waals surface area contributed by atoms with Crippen LogP contribution in [0.3, 0.4) is 0 Å². The molecule has 1 aromatic heterocycles. The second-order valence-corrected chi connectivity index (χ2v) is 4.67. The van der Waals surface area contributed by atoms with Crippen molar-refractivity contribution in [1.29, 1.82) is 0 Å². The molecule has 1 N–H and O–H groups in total. The Morgan fingerprint density at radius 2 is 2.00 bits per heavy atom. The number of nitrogens with zero attached hydrogens (tertiary/aromatic N) is 1. The van der Waals surface area contributed by atoms with E-state index in [1.165, 1.54) is 0 Å². The summed E-state index contributed by atoms with van der Waals surface area (Å²) in [6, 6.07) is 10.9. The van der Waals surface area contributed by atoms with E-state index in [-0.39, 0.29) is 18.2 Å². The van der Waals surface area contributed by atoms with Gasteiger partial charge in [0.2, 0.25) is 0 Å². The highest BCUT2D eigenvalue weighted by Gasteiger charge is 2.11. The summed E-state index contributed by atoms with van der Waals surface area (Å²) in [5.41, 5.74) is 0.925. The number of unbranched alkanes of at least 4 members (excludes halogenated alkanes) is 1. The quantitative estimate of drug-likeness (QED) is 0.653. The molecule has 2 rings (SSSR count). The van der Waals surface area contributed by atoms with Gasteiger partial charge in [-0.05, 0) is 18.6 Å². The minimum absolute atomic E-state index is 0.204. The van der Waals surface area contributed by atoms with Crippen molar-refractivity contribution in [2.75, 3.05) is 13.2 Å². The highest BCUT2D eigenvalue weighted by Crippen LogP contribution is 2.12. The first kappa shape index (κ1) is 15.0. The van der Waals surface area contributed by atoms with Gasteiger partial charge in [-0.3, -0.25) is 4.79 Å². The molecule has 5 heteroatoms. The Kier molecular flexibility index (Phi) is 5.26. The Balaban J connectivity index is 1.91. The van der Waals surface area contributed by atoms with Crippen molar-refractivity contribution in [3.05, 3.63) is 42.1 Å². The van der Waals surface area contributed by atoms with Gasteiger partial charge in [-0.25, -0.2) is 9.78 Å². The van der Waals surface area contributed by atoms with Crippen molar-refractivity contribution >= 4 is 22.8 Å². The third-order valence-electron chi connectivity index (χ3n) is 2.99. The van der Waals surface area contributed by atoms with E-state index in [4.69, 9.17) is 4.74 Å². The number of para-hydroxylation sites is 1. The summed E-state index contributed by atoms with van der Waals surface area (Å²) < 4.78 is 4.96. The van der Waals surface area contributed by atoms with Gasteiger partial charge in [-0.15, -0.1) is 0 Å². The number of hydrogen-bond acceptors (Lipinski definition) is 4. The normalized spacial score (nSPS) is 10.3. The molecule has 0 fully saturated rings. The summed E-state index contributed by atoms with van der Waals surface area (Å²) in [4.78, 5) is 27.5. The predicted octanol–water partition coefficient (Wildman–Crippen LogP) is 2.31. The molecule has 1 heterocycles. The Bertz CT molecular complexity index is 640. The van der Waals surface area contributed by atoms with Crippen LogP contribution in [0, 0.1) is 0 Å². The standard InChI is InChI=1S/C16H18N2O3/c1-2-3-10-17-15(19)11-21-16(20)14-9-8-12-6-4-5-7-13(12)18-14/h4-9H,2-3,10-11H2,1H3,(H,17,19). The van der Waals surface area contributed by atoms with Crippen molar-refractivity contribution in [2.24, 2.45) is 0 Å². The first-order valence-corrected chi connectivity index (χ1v) is 7.00. The van der Waals surface area contributed by atoms with Crippen molar-refractivity contribution < 1.29 is 14.3 Å². The number of benzene rings is 1. The number of fused-ring (bicyclic) bond motifs is 1. The fraction of sp³-hybridized carbons (Fsp3) is 0.312. The molecule has 110 valence electrons. The number of amides is 1. The van der Waals surface area contributed by atoms with Gasteiger partial charge in [0.25, 0.3) is 5.91 Å². The van der Waals surface area contributed by atoms with Gasteiger partial charge in [0.1, 0.15) is 5.69 Å². The van der Waals surface area contributed by atoms with E-state index >= 15 is 0 Å². The molecule has 0 saturated carbocycles. The fourth-order valence-electron chi connectivity index (χ4n) is 1.84. The summed E-state index contributed by atoms with van der Waals surface area (Å²) in [7, 11) is 0. The van der Waals surface area contributed by atoms with Crippen LogP contribution < -0.4 is 5.32 Å². The molecule has 0 spiro atoms. The van der Waals surface area contributed by atoms with Crippen LogP contribution in [0.5, 0.6) is 0 Å². The van der Waals surface area contributed by atoms with Gasteiger partial charge >= 0.3 is 5.97 Å². The molecular formula is C16H18N2O3. The average molecular weight is 286 g/mol. The van der Waals surface area contributed by atoms with Crippen LogP contribution in [0.25, 0.3) is 10.9 Å². The Morgan fingerprint density at radius 1 is 1.19 bits per heavy atom. The first-order valence-electron chi connectivity index (χ1n) is 7.00. The Morgan fingerprint density at radius 3 is 2.81 bits per heavy atom. The molecule has 0 bridgehead atoms. The summed E-state index contributed by atoms with van der Waals surface area (Å²) in [5.74, 6) is -0.885. The third kappa shape index (κ3) is 4.27. The van der Waals surface area contributed by atoms with Crippen molar-refractivity contribution in [3.8, 4) is 0 Å². The lowest BCUT2D eigenvalue weighted by molar-refractivity contribution is -0.124. The third-order valence-corrected chi connectivity index (χ3v) is 2.99. The van der Waals surface area contributed by atoms with E-state index in [9.17, 15) is 9.59 Å². The monoisotopic (exact) mass is 286 g/mol. The largest absolute Gasteiger partial charge is 0.451 e. The number of nitrogens with one attached hydrogen (secondary N) is 1. The molecule has 1 amide bonds. The lowest BCUT2D eigenvalue weighted by Gasteiger charge is -2.06. The van der Waals surface area contributed by atoms with E-state index in [0.717, 1.165) is 23.7 Å². The maximum atomic E-state index is 11.9. The molecule has 21 heavy (non-hydrogen) atoms. The molecular weight excluding hydrogens is 268 g/mol. The highest BCUT2D eigenvalue weighted by atomic mass is 16.5. The lowest BCUT2D eigenvalue weighted by atomic mass is 10.2. The molecule has 0 aliphatic rings. The zero-order valence-electron chi connectivity index (χ0n) is 12.0. The minimum atomic E-state index is -0.591. The number of carbonyl (C=O) groups excluding carboxylic acids is 2. The summed E-state index contributed by atoms with van der Waals surface area (Å²) in [5, 5.41) is 3.63. The van der Waals surface area contributed by atoms with E-state index in [2.05, 4.69) is 10.3 Å². The van der Waals surface area contributed by atoms with Crippen LogP contribution in [0.1, 0.15) is 30.3 Å². The molecule has 1 aromatic carbocycles. The molecule has 0 radical (unpaired) electrons. The molecule has 0 atom stereocenters. The second kappa shape index (κ2) is 7.38. The SMILES string of the molecule is CCCCNC(=O)COC(=O)c1ccc2ccccc2n1. The van der Waals surface area contributed by atoms with E-state index < -0.39 is 5.97 Å². The van der Waals surface area contributed by atoms with Gasteiger partial charge in [-0.1, -0.05) is 37.6 Å². The molecule has 0 aliphatic heterocycles. The Hall–Kier alpha value is -2.43. The zero-order chi connectivity index (χ0) is 15.1. The fourth-order valence-corrected chi connectivity index (χ4v) is 1.84. The molecule has 0 aliphatic carbocycles. The van der Waals surface area contributed by atoms with Gasteiger partial charge in [0.15, 0.2) is 6.61 Å². The topological polar surface area (TPSA) is 68.3 Å². The molecule has 2 aromatic rings. The zero-order valence-corrected chi connectivity index (χ0v) is 12.0. The summed E-state index contributed by atoms with van der Waals surface area (Å²) in [6.45, 7) is 2.36. The van der Waals surface area contributed by atoms with Gasteiger partial charge in [0, 0.05) is 11.9 Å². The van der Waals surface area contributed by atoms with Crippen molar-refractivity contribution in [1.82, 2.24) is 10.3 Å². The average Bonchev–Trinajstić information content (AvgIpc) is 2.52. The predicted molar refractivity (Wildman–Crippen MR) is 79.9 cm³/mol. The lowest BCUT2D eigenvalue weighted by Crippen LogP contribution is -2.29. The van der Waals surface area contributed by atoms with Crippen LogP contribution in [-0.2, 0) is 9.53 Å².